The number of benzene rings is 1. The van der Waals surface area contributed by atoms with Crippen LogP contribution < -0.4 is 0 Å². The molecule has 0 aliphatic carbocycles. The van der Waals surface area contributed by atoms with Crippen LogP contribution in [0.25, 0.3) is 10.4 Å². The van der Waals surface area contributed by atoms with E-state index in [9.17, 15) is 8.42 Å². The molecule has 0 aliphatic rings. The highest BCUT2D eigenvalue weighted by molar-refractivity contribution is 7.85. The van der Waals surface area contributed by atoms with Gasteiger partial charge in [0.25, 0.3) is 10.1 Å². The van der Waals surface area contributed by atoms with Crippen LogP contribution >= 0.6 is 0 Å². The van der Waals surface area contributed by atoms with Gasteiger partial charge in [-0.1, -0.05) is 29.1 Å². The highest BCUT2D eigenvalue weighted by atomic mass is 32.2. The summed E-state index contributed by atoms with van der Waals surface area (Å²) in [6, 6.07) is 5.76. The molecule has 1 rings (SSSR count). The molecule has 0 heterocycles. The van der Waals surface area contributed by atoms with Crippen molar-refractivity contribution in [1.82, 2.24) is 0 Å². The molecule has 82 valence electrons. The maximum Gasteiger partial charge on any atom is 0.295 e. The Morgan fingerprint density at radius 3 is 2.75 bits per heavy atom. The summed E-state index contributed by atoms with van der Waals surface area (Å²) in [7, 11) is -4.28. The van der Waals surface area contributed by atoms with Gasteiger partial charge in [-0.2, -0.15) is 8.42 Å². The predicted octanol–water partition coefficient (Wildman–Crippen LogP) is 1.60. The number of nitrogens with zero attached hydrogens (tertiary/aromatic N) is 3. The van der Waals surface area contributed by atoms with Gasteiger partial charge in [-0.15, -0.1) is 0 Å². The summed E-state index contributed by atoms with van der Waals surface area (Å²) in [6.07, 6.45) is 0. The molecule has 7 heteroatoms. The summed E-state index contributed by atoms with van der Waals surface area (Å²) in [4.78, 5) is 2.23. The molecule has 0 atom stereocenters. The zero-order valence-electron chi connectivity index (χ0n) is 8.03. The van der Waals surface area contributed by atoms with Crippen LogP contribution in [0.4, 0.5) is 0 Å². The molecule has 1 aromatic rings. The first-order valence-corrected chi connectivity index (χ1v) is 5.56. The van der Waals surface area contributed by atoms with Crippen LogP contribution in [0.3, 0.4) is 0 Å². The molecule has 0 amide bonds. The summed E-state index contributed by atoms with van der Waals surface area (Å²) in [5.74, 6) is 4.97. The maximum absolute atomic E-state index is 10.9. The van der Waals surface area contributed by atoms with Crippen molar-refractivity contribution in [3.8, 4) is 11.8 Å². The molecule has 1 N–H and O–H groups in total. The Morgan fingerprint density at radius 2 is 2.12 bits per heavy atom. The van der Waals surface area contributed by atoms with E-state index in [1.165, 1.54) is 18.2 Å². The Kier molecular flexibility index (Phi) is 3.91. The van der Waals surface area contributed by atoms with Gasteiger partial charge in [-0.25, -0.2) is 0 Å². The third kappa shape index (κ3) is 3.29. The molecule has 0 radical (unpaired) electrons. The lowest BCUT2D eigenvalue weighted by Gasteiger charge is -1.98. The fourth-order valence-corrected chi connectivity index (χ4v) is 1.64. The van der Waals surface area contributed by atoms with Gasteiger partial charge in [0.1, 0.15) is 4.90 Å². The Labute approximate surface area is 92.3 Å². The van der Waals surface area contributed by atoms with Crippen molar-refractivity contribution in [2.24, 2.45) is 5.11 Å². The monoisotopic (exact) mass is 237 g/mol. The van der Waals surface area contributed by atoms with E-state index in [2.05, 4.69) is 21.9 Å². The molecular formula is C9H7N3O3S. The third-order valence-electron chi connectivity index (χ3n) is 1.60. The van der Waals surface area contributed by atoms with E-state index in [1.54, 1.807) is 6.07 Å². The van der Waals surface area contributed by atoms with E-state index in [1.807, 2.05) is 0 Å². The Hall–Kier alpha value is -2.00. The first-order chi connectivity index (χ1) is 7.55. The molecule has 0 aromatic heterocycles. The van der Waals surface area contributed by atoms with Gasteiger partial charge < -0.3 is 0 Å². The molecule has 0 saturated carbocycles. The zero-order chi connectivity index (χ0) is 12.0. The van der Waals surface area contributed by atoms with Crippen LogP contribution in [0.2, 0.25) is 0 Å². The molecule has 16 heavy (non-hydrogen) atoms. The fourth-order valence-electron chi connectivity index (χ4n) is 0.997. The normalized spacial score (nSPS) is 9.81. The summed E-state index contributed by atoms with van der Waals surface area (Å²) in [5, 5.41) is 3.17. The molecule has 0 aliphatic heterocycles. The zero-order valence-corrected chi connectivity index (χ0v) is 8.85. The van der Waals surface area contributed by atoms with Crippen molar-refractivity contribution in [2.45, 2.75) is 4.90 Å². The average molecular weight is 237 g/mol. The maximum atomic E-state index is 10.9. The van der Waals surface area contributed by atoms with Gasteiger partial charge >= 0.3 is 0 Å². The van der Waals surface area contributed by atoms with Crippen LogP contribution in [0.5, 0.6) is 0 Å². The van der Waals surface area contributed by atoms with E-state index in [0.717, 1.165) is 0 Å². The van der Waals surface area contributed by atoms with E-state index < -0.39 is 10.1 Å². The number of hydrogen-bond donors (Lipinski definition) is 1. The van der Waals surface area contributed by atoms with E-state index in [-0.39, 0.29) is 17.0 Å². The number of hydrogen-bond acceptors (Lipinski definition) is 3. The van der Waals surface area contributed by atoms with E-state index in [4.69, 9.17) is 10.1 Å². The minimum Gasteiger partial charge on any atom is -0.282 e. The Bertz CT molecular complexity index is 592. The number of rotatable bonds is 2. The molecular weight excluding hydrogens is 230 g/mol. The van der Waals surface area contributed by atoms with Crippen molar-refractivity contribution < 1.29 is 13.0 Å². The van der Waals surface area contributed by atoms with Gasteiger partial charge in [0, 0.05) is 10.5 Å². The smallest absolute Gasteiger partial charge is 0.282 e. The first-order valence-electron chi connectivity index (χ1n) is 4.12. The SMILES string of the molecule is [N-]=[N+]=NCC#Cc1ccccc1S(=O)(=O)O. The lowest BCUT2D eigenvalue weighted by atomic mass is 10.2. The van der Waals surface area contributed by atoms with Gasteiger partial charge in [-0.3, -0.25) is 4.55 Å². The molecule has 0 bridgehead atoms. The highest BCUT2D eigenvalue weighted by Gasteiger charge is 2.12. The third-order valence-corrected chi connectivity index (χ3v) is 2.51. The quantitative estimate of drug-likeness (QED) is 0.277. The number of azide groups is 1. The Morgan fingerprint density at radius 1 is 1.44 bits per heavy atom. The molecule has 0 fully saturated rings. The minimum atomic E-state index is -4.28. The Balaban J connectivity index is 3.13. The summed E-state index contributed by atoms with van der Waals surface area (Å²) >= 11 is 0. The van der Waals surface area contributed by atoms with Crippen LogP contribution in [0, 0.1) is 11.8 Å². The molecule has 0 unspecified atom stereocenters. The van der Waals surface area contributed by atoms with Crippen molar-refractivity contribution in [2.75, 3.05) is 6.54 Å². The molecule has 0 spiro atoms. The van der Waals surface area contributed by atoms with Crippen LogP contribution in [-0.2, 0) is 10.1 Å². The largest absolute Gasteiger partial charge is 0.295 e. The lowest BCUT2D eigenvalue weighted by Crippen LogP contribution is -2.00. The summed E-state index contributed by atoms with van der Waals surface area (Å²) in [5.41, 5.74) is 8.17. The second kappa shape index (κ2) is 5.19. The van der Waals surface area contributed by atoms with E-state index >= 15 is 0 Å². The molecule has 0 saturated heterocycles. The van der Waals surface area contributed by atoms with Crippen LogP contribution in [0.15, 0.2) is 34.3 Å². The topological polar surface area (TPSA) is 103 Å². The van der Waals surface area contributed by atoms with Crippen molar-refractivity contribution in [1.29, 1.82) is 0 Å². The summed E-state index contributed by atoms with van der Waals surface area (Å²) < 4.78 is 30.8. The van der Waals surface area contributed by atoms with Crippen LogP contribution in [0.1, 0.15) is 5.56 Å². The van der Waals surface area contributed by atoms with Crippen LogP contribution in [-0.4, -0.2) is 19.5 Å². The lowest BCUT2D eigenvalue weighted by molar-refractivity contribution is 0.483. The van der Waals surface area contributed by atoms with Crippen molar-refractivity contribution in [3.05, 3.63) is 40.3 Å². The van der Waals surface area contributed by atoms with Gasteiger partial charge in [0.2, 0.25) is 0 Å². The van der Waals surface area contributed by atoms with Crippen molar-refractivity contribution >= 4 is 10.1 Å². The minimum absolute atomic E-state index is 0.0592. The fraction of sp³-hybridized carbons (Fsp3) is 0.111. The van der Waals surface area contributed by atoms with Gasteiger partial charge in [0.15, 0.2) is 0 Å². The highest BCUT2D eigenvalue weighted by Crippen LogP contribution is 2.13. The summed E-state index contributed by atoms with van der Waals surface area (Å²) in [6.45, 7) is -0.0592. The van der Waals surface area contributed by atoms with Gasteiger partial charge in [-0.05, 0) is 17.7 Å². The standard InChI is InChI=1S/C9H7N3O3S/c10-12-11-7-3-5-8-4-1-2-6-9(8)16(13,14)15/h1-2,4,6H,7H2,(H,13,14,15). The first kappa shape index (κ1) is 12.1. The van der Waals surface area contributed by atoms with Crippen molar-refractivity contribution in [3.63, 3.8) is 0 Å². The second-order valence-corrected chi connectivity index (χ2v) is 4.05. The predicted molar refractivity (Wildman–Crippen MR) is 57.1 cm³/mol. The average Bonchev–Trinajstić information content (AvgIpc) is 2.24. The molecule has 1 aromatic carbocycles. The molecule has 6 nitrogen and oxygen atoms in total. The second-order valence-electron chi connectivity index (χ2n) is 2.66. The van der Waals surface area contributed by atoms with E-state index in [0.29, 0.717) is 0 Å². The van der Waals surface area contributed by atoms with Gasteiger partial charge in [0.05, 0.1) is 6.54 Å².